The van der Waals surface area contributed by atoms with Gasteiger partial charge in [-0.1, -0.05) is 12.1 Å². The van der Waals surface area contributed by atoms with Gasteiger partial charge in [-0.25, -0.2) is 9.18 Å². The molecule has 1 aliphatic carbocycles. The lowest BCUT2D eigenvalue weighted by atomic mass is 10.2. The second kappa shape index (κ2) is 6.59. The summed E-state index contributed by atoms with van der Waals surface area (Å²) in [7, 11) is 0. The zero-order valence-electron chi connectivity index (χ0n) is 14.4. The number of rotatable bonds is 4. The Morgan fingerprint density at radius 2 is 1.77 bits per heavy atom. The van der Waals surface area contributed by atoms with E-state index in [1.54, 1.807) is 28.0 Å². The van der Waals surface area contributed by atoms with Gasteiger partial charge in [0.2, 0.25) is 5.91 Å². The summed E-state index contributed by atoms with van der Waals surface area (Å²) in [6.45, 7) is 1.79. The molecular formula is C18H21FN4O3. The summed E-state index contributed by atoms with van der Waals surface area (Å²) in [5.41, 5.74) is 0.532. The highest BCUT2D eigenvalue weighted by atomic mass is 19.1. The van der Waals surface area contributed by atoms with Gasteiger partial charge < -0.3 is 14.7 Å². The number of piperazine rings is 1. The monoisotopic (exact) mass is 360 g/mol. The van der Waals surface area contributed by atoms with Crippen LogP contribution in [0.25, 0.3) is 0 Å². The number of hydrogen-bond acceptors (Lipinski definition) is 4. The van der Waals surface area contributed by atoms with Gasteiger partial charge in [-0.05, 0) is 25.0 Å². The van der Waals surface area contributed by atoms with Crippen LogP contribution in [-0.2, 0) is 9.59 Å². The Labute approximate surface area is 150 Å². The topological polar surface area (TPSA) is 64.2 Å². The number of hydrogen-bond donors (Lipinski definition) is 0. The highest BCUT2D eigenvalue weighted by Gasteiger charge is 2.44. The summed E-state index contributed by atoms with van der Waals surface area (Å²) in [6.07, 6.45) is 1.86. The van der Waals surface area contributed by atoms with E-state index in [1.807, 2.05) is 4.90 Å². The summed E-state index contributed by atoms with van der Waals surface area (Å²) in [4.78, 5) is 43.0. The third-order valence-corrected chi connectivity index (χ3v) is 5.19. The molecule has 0 spiro atoms. The van der Waals surface area contributed by atoms with Gasteiger partial charge in [0.1, 0.15) is 18.9 Å². The van der Waals surface area contributed by atoms with Crippen molar-refractivity contribution in [2.75, 3.05) is 44.2 Å². The van der Waals surface area contributed by atoms with Gasteiger partial charge in [-0.15, -0.1) is 0 Å². The van der Waals surface area contributed by atoms with Gasteiger partial charge in [-0.3, -0.25) is 14.5 Å². The summed E-state index contributed by atoms with van der Waals surface area (Å²) >= 11 is 0. The minimum absolute atomic E-state index is 0.0812. The maximum absolute atomic E-state index is 13.9. The van der Waals surface area contributed by atoms with Crippen molar-refractivity contribution >= 4 is 23.5 Å². The molecule has 0 N–H and O–H groups in total. The number of nitrogens with zero attached hydrogens (tertiary/aromatic N) is 4. The second-order valence-electron chi connectivity index (χ2n) is 6.94. The molecule has 0 atom stereocenters. The molecule has 1 saturated carbocycles. The molecule has 0 unspecified atom stereocenters. The maximum Gasteiger partial charge on any atom is 0.327 e. The molecule has 26 heavy (non-hydrogen) atoms. The number of benzene rings is 1. The zero-order chi connectivity index (χ0) is 18.3. The smallest absolute Gasteiger partial charge is 0.327 e. The molecule has 4 rings (SSSR count). The van der Waals surface area contributed by atoms with E-state index < -0.39 is 0 Å². The lowest BCUT2D eigenvalue weighted by Crippen LogP contribution is -2.52. The first-order chi connectivity index (χ1) is 12.5. The summed E-state index contributed by atoms with van der Waals surface area (Å²) in [5.74, 6) is -0.821. The van der Waals surface area contributed by atoms with Crippen LogP contribution in [0.4, 0.5) is 14.9 Å². The van der Waals surface area contributed by atoms with Crippen LogP contribution in [-0.4, -0.2) is 77.9 Å². The molecule has 0 bridgehead atoms. The van der Waals surface area contributed by atoms with Crippen LogP contribution in [0, 0.1) is 5.82 Å². The maximum atomic E-state index is 13.9. The highest BCUT2D eigenvalue weighted by molar-refractivity contribution is 6.04. The Hall–Kier alpha value is -2.64. The van der Waals surface area contributed by atoms with Crippen molar-refractivity contribution in [1.29, 1.82) is 0 Å². The number of amides is 4. The van der Waals surface area contributed by atoms with Crippen LogP contribution in [0.2, 0.25) is 0 Å². The molecule has 0 radical (unpaired) electrons. The number of imide groups is 1. The van der Waals surface area contributed by atoms with E-state index in [0.29, 0.717) is 31.9 Å². The van der Waals surface area contributed by atoms with Gasteiger partial charge in [0, 0.05) is 32.2 Å². The number of anilines is 1. The molecule has 8 heteroatoms. The molecule has 1 aromatic rings. The molecular weight excluding hydrogens is 339 g/mol. The van der Waals surface area contributed by atoms with Crippen LogP contribution in [0.3, 0.4) is 0 Å². The normalized spacial score (nSPS) is 21.0. The van der Waals surface area contributed by atoms with Gasteiger partial charge in [0.25, 0.3) is 5.91 Å². The van der Waals surface area contributed by atoms with Crippen molar-refractivity contribution in [3.05, 3.63) is 30.1 Å². The third kappa shape index (κ3) is 3.11. The van der Waals surface area contributed by atoms with Crippen LogP contribution >= 0.6 is 0 Å². The number of carbonyl (C=O) groups is 3. The van der Waals surface area contributed by atoms with Gasteiger partial charge >= 0.3 is 6.03 Å². The van der Waals surface area contributed by atoms with Gasteiger partial charge in [0.05, 0.1) is 5.69 Å². The second-order valence-corrected chi connectivity index (χ2v) is 6.94. The Balaban J connectivity index is 1.33. The molecule has 3 fully saturated rings. The number of para-hydroxylation sites is 1. The van der Waals surface area contributed by atoms with E-state index in [0.717, 1.165) is 17.7 Å². The third-order valence-electron chi connectivity index (χ3n) is 5.19. The number of urea groups is 1. The lowest BCUT2D eigenvalue weighted by Gasteiger charge is -2.36. The summed E-state index contributed by atoms with van der Waals surface area (Å²) in [5, 5.41) is 0. The fraction of sp³-hybridized carbons (Fsp3) is 0.500. The first-order valence-corrected chi connectivity index (χ1v) is 8.93. The standard InChI is InChI=1S/C18H21FN4O3/c19-14-3-1-2-4-15(14)20-7-9-21(10-8-20)16(24)11-23-17(25)12-22(18(23)26)13-5-6-13/h1-4,13H,5-12H2. The first-order valence-electron chi connectivity index (χ1n) is 8.93. The lowest BCUT2D eigenvalue weighted by molar-refractivity contribution is -0.136. The molecule has 2 heterocycles. The average Bonchev–Trinajstić information content (AvgIpc) is 3.45. The number of carbonyl (C=O) groups excluding carboxylic acids is 3. The quantitative estimate of drug-likeness (QED) is 0.749. The Morgan fingerprint density at radius 1 is 1.08 bits per heavy atom. The van der Waals surface area contributed by atoms with Crippen molar-refractivity contribution < 1.29 is 18.8 Å². The number of halogens is 1. The van der Waals surface area contributed by atoms with Crippen molar-refractivity contribution in [3.8, 4) is 0 Å². The zero-order valence-corrected chi connectivity index (χ0v) is 14.4. The fourth-order valence-corrected chi connectivity index (χ4v) is 3.53. The fourth-order valence-electron chi connectivity index (χ4n) is 3.53. The Kier molecular flexibility index (Phi) is 4.26. The highest BCUT2D eigenvalue weighted by Crippen LogP contribution is 2.30. The van der Waals surface area contributed by atoms with E-state index >= 15 is 0 Å². The molecule has 0 aromatic heterocycles. The van der Waals surface area contributed by atoms with Crippen LogP contribution < -0.4 is 4.90 Å². The predicted octanol–water partition coefficient (Wildman–Crippen LogP) is 0.901. The predicted molar refractivity (Wildman–Crippen MR) is 92.0 cm³/mol. The molecule has 2 aliphatic heterocycles. The SMILES string of the molecule is O=C(CN1C(=O)CN(C2CC2)C1=O)N1CCN(c2ccccc2F)CC1. The molecule has 1 aromatic carbocycles. The summed E-state index contributed by atoms with van der Waals surface area (Å²) < 4.78 is 13.9. The van der Waals surface area contributed by atoms with Gasteiger partial charge in [0.15, 0.2) is 0 Å². The van der Waals surface area contributed by atoms with E-state index in [-0.39, 0.29) is 42.8 Å². The van der Waals surface area contributed by atoms with E-state index in [9.17, 15) is 18.8 Å². The molecule has 4 amide bonds. The molecule has 138 valence electrons. The minimum atomic E-state index is -0.351. The van der Waals surface area contributed by atoms with Crippen LogP contribution in [0.15, 0.2) is 24.3 Å². The molecule has 7 nitrogen and oxygen atoms in total. The van der Waals surface area contributed by atoms with Crippen molar-refractivity contribution in [3.63, 3.8) is 0 Å². The van der Waals surface area contributed by atoms with E-state index in [4.69, 9.17) is 0 Å². The van der Waals surface area contributed by atoms with Gasteiger partial charge in [-0.2, -0.15) is 0 Å². The minimum Gasteiger partial charge on any atom is -0.366 e. The first kappa shape index (κ1) is 16.8. The molecule has 2 saturated heterocycles. The van der Waals surface area contributed by atoms with Crippen molar-refractivity contribution in [2.45, 2.75) is 18.9 Å². The van der Waals surface area contributed by atoms with Crippen molar-refractivity contribution in [2.24, 2.45) is 0 Å². The van der Waals surface area contributed by atoms with Crippen LogP contribution in [0.5, 0.6) is 0 Å². The molecule has 3 aliphatic rings. The van der Waals surface area contributed by atoms with Crippen molar-refractivity contribution in [1.82, 2.24) is 14.7 Å². The average molecular weight is 360 g/mol. The Morgan fingerprint density at radius 3 is 2.42 bits per heavy atom. The summed E-state index contributed by atoms with van der Waals surface area (Å²) in [6, 6.07) is 6.38. The van der Waals surface area contributed by atoms with E-state index in [2.05, 4.69) is 0 Å². The van der Waals surface area contributed by atoms with E-state index in [1.165, 1.54) is 6.07 Å². The Bertz CT molecular complexity index is 744. The van der Waals surface area contributed by atoms with Crippen LogP contribution in [0.1, 0.15) is 12.8 Å². The largest absolute Gasteiger partial charge is 0.366 e.